The van der Waals surface area contributed by atoms with Crippen LogP contribution in [0, 0.1) is 6.57 Å². The zero-order chi connectivity index (χ0) is 8.27. The van der Waals surface area contributed by atoms with Gasteiger partial charge in [-0.2, -0.15) is 0 Å². The highest BCUT2D eigenvalue weighted by molar-refractivity contribution is 9.08. The number of rotatable bonds is 1. The van der Waals surface area contributed by atoms with Gasteiger partial charge < -0.3 is 0 Å². The molecule has 0 fully saturated rings. The Bertz CT molecular complexity index is 273. The van der Waals surface area contributed by atoms with Gasteiger partial charge in [-0.3, -0.25) is 0 Å². The number of hydrogen-bond donors (Lipinski definition) is 0. The van der Waals surface area contributed by atoms with Crippen molar-refractivity contribution in [1.82, 2.24) is 0 Å². The summed E-state index contributed by atoms with van der Waals surface area (Å²) in [5.41, 5.74) is 1.49. The van der Waals surface area contributed by atoms with E-state index in [0.29, 0.717) is 5.69 Å². The minimum atomic E-state index is -0.387. The molecule has 0 aliphatic heterocycles. The standard InChI is InChI=1S/C8H6BrN/c1-10-8-4-2-7(6-9)3-5-8/h2-5H,6H2/i6D. The maximum atomic E-state index is 7.29. The number of halogens is 1. The van der Waals surface area contributed by atoms with Crippen molar-refractivity contribution in [3.05, 3.63) is 41.2 Å². The molecular weight excluding hydrogens is 190 g/mol. The van der Waals surface area contributed by atoms with E-state index in [1.54, 1.807) is 24.3 Å². The molecule has 0 bridgehead atoms. The van der Waals surface area contributed by atoms with Crippen molar-refractivity contribution in [3.8, 4) is 0 Å². The van der Waals surface area contributed by atoms with E-state index in [2.05, 4.69) is 20.8 Å². The van der Waals surface area contributed by atoms with Crippen molar-refractivity contribution in [2.45, 2.75) is 5.31 Å². The van der Waals surface area contributed by atoms with Crippen molar-refractivity contribution >= 4 is 21.6 Å². The summed E-state index contributed by atoms with van der Waals surface area (Å²) in [6.07, 6.45) is 0. The van der Waals surface area contributed by atoms with Crippen LogP contribution in [0.15, 0.2) is 24.3 Å². The molecule has 0 aliphatic rings. The van der Waals surface area contributed by atoms with E-state index in [1.807, 2.05) is 0 Å². The van der Waals surface area contributed by atoms with E-state index < -0.39 is 0 Å². The highest BCUT2D eigenvalue weighted by Crippen LogP contribution is 2.13. The Morgan fingerprint density at radius 2 is 2.10 bits per heavy atom. The van der Waals surface area contributed by atoms with Crippen molar-refractivity contribution in [2.75, 3.05) is 0 Å². The van der Waals surface area contributed by atoms with Crippen LogP contribution in [0.4, 0.5) is 5.69 Å². The van der Waals surface area contributed by atoms with Gasteiger partial charge in [-0.1, -0.05) is 40.2 Å². The molecule has 0 heterocycles. The number of alkyl halides is 1. The van der Waals surface area contributed by atoms with Crippen LogP contribution in [0.5, 0.6) is 0 Å². The Morgan fingerprint density at radius 1 is 1.50 bits per heavy atom. The lowest BCUT2D eigenvalue weighted by molar-refractivity contribution is 1.44. The number of benzene rings is 1. The lowest BCUT2D eigenvalue weighted by Gasteiger charge is -1.92. The molecular formula is C8H6BrN. The molecule has 0 amide bonds. The third-order valence-corrected chi connectivity index (χ3v) is 1.68. The maximum Gasteiger partial charge on any atom is 0.187 e. The first-order chi connectivity index (χ1) is 5.24. The lowest BCUT2D eigenvalue weighted by Crippen LogP contribution is -1.72. The average molecular weight is 197 g/mol. The lowest BCUT2D eigenvalue weighted by atomic mass is 10.2. The van der Waals surface area contributed by atoms with Crippen LogP contribution in [-0.4, -0.2) is 0 Å². The summed E-state index contributed by atoms with van der Waals surface area (Å²) in [6.45, 7) is 6.69. The van der Waals surface area contributed by atoms with Crippen LogP contribution >= 0.6 is 15.9 Å². The summed E-state index contributed by atoms with van der Waals surface area (Å²) < 4.78 is 7.29. The number of nitrogens with zero attached hydrogens (tertiary/aromatic N) is 1. The summed E-state index contributed by atoms with van der Waals surface area (Å²) >= 11 is 3.12. The van der Waals surface area contributed by atoms with Gasteiger partial charge in [0, 0.05) is 6.68 Å². The molecule has 10 heavy (non-hydrogen) atoms. The van der Waals surface area contributed by atoms with Crippen LogP contribution < -0.4 is 0 Å². The zero-order valence-corrected chi connectivity index (χ0v) is 6.80. The fraction of sp³-hybridized carbons (Fsp3) is 0.125. The molecule has 0 radical (unpaired) electrons. The van der Waals surface area contributed by atoms with E-state index >= 15 is 0 Å². The second-order valence-electron chi connectivity index (χ2n) is 1.81. The third kappa shape index (κ3) is 1.58. The Labute approximate surface area is 70.0 Å². The minimum Gasteiger partial charge on any atom is -0.238 e. The molecule has 1 aromatic rings. The van der Waals surface area contributed by atoms with Crippen LogP contribution in [0.25, 0.3) is 4.85 Å². The van der Waals surface area contributed by atoms with Crippen LogP contribution in [0.1, 0.15) is 6.93 Å². The predicted molar refractivity (Wildman–Crippen MR) is 45.3 cm³/mol. The number of hydrogen-bond acceptors (Lipinski definition) is 0. The molecule has 1 rings (SSSR count). The molecule has 0 spiro atoms. The first kappa shape index (κ1) is 5.94. The first-order valence-electron chi connectivity index (χ1n) is 3.35. The van der Waals surface area contributed by atoms with Gasteiger partial charge in [0.2, 0.25) is 0 Å². The van der Waals surface area contributed by atoms with E-state index in [4.69, 9.17) is 7.94 Å². The topological polar surface area (TPSA) is 4.36 Å². The third-order valence-electron chi connectivity index (χ3n) is 1.15. The molecule has 50 valence electrons. The Balaban J connectivity index is 2.94. The van der Waals surface area contributed by atoms with Gasteiger partial charge in [-0.05, 0) is 5.56 Å². The van der Waals surface area contributed by atoms with Gasteiger partial charge in [0.1, 0.15) is 0 Å². The average Bonchev–Trinajstić information content (AvgIpc) is 2.05. The Hall–Kier alpha value is -0.810. The van der Waals surface area contributed by atoms with Crippen LogP contribution in [-0.2, 0) is 5.31 Å². The second-order valence-corrected chi connectivity index (χ2v) is 2.27. The maximum absolute atomic E-state index is 7.29. The fourth-order valence-corrected chi connectivity index (χ4v) is 0.927. The van der Waals surface area contributed by atoms with Gasteiger partial charge in [0.25, 0.3) is 0 Å². The van der Waals surface area contributed by atoms with Gasteiger partial charge in [0.05, 0.1) is 6.57 Å². The Morgan fingerprint density at radius 3 is 2.50 bits per heavy atom. The van der Waals surface area contributed by atoms with Gasteiger partial charge >= 0.3 is 0 Å². The van der Waals surface area contributed by atoms with E-state index in [-0.39, 0.29) is 5.31 Å². The van der Waals surface area contributed by atoms with Crippen LogP contribution in [0.2, 0.25) is 0 Å². The smallest absolute Gasteiger partial charge is 0.187 e. The molecule has 0 aliphatic carbocycles. The highest BCUT2D eigenvalue weighted by Gasteiger charge is 1.89. The van der Waals surface area contributed by atoms with Crippen molar-refractivity contribution in [3.63, 3.8) is 0 Å². The summed E-state index contributed by atoms with van der Waals surface area (Å²) in [5.74, 6) is 0. The van der Waals surface area contributed by atoms with Crippen molar-refractivity contribution < 1.29 is 1.37 Å². The van der Waals surface area contributed by atoms with Crippen LogP contribution in [0.3, 0.4) is 0 Å². The SMILES string of the molecule is [2H]C(Br)c1ccc([N+]#[C-])cc1. The quantitative estimate of drug-likeness (QED) is 0.481. The summed E-state index contributed by atoms with van der Waals surface area (Å²) in [7, 11) is 0. The van der Waals surface area contributed by atoms with Gasteiger partial charge in [0.15, 0.2) is 5.69 Å². The first-order valence-corrected chi connectivity index (χ1v) is 3.69. The van der Waals surface area contributed by atoms with E-state index in [1.165, 1.54) is 0 Å². The summed E-state index contributed by atoms with van der Waals surface area (Å²) in [4.78, 5) is 3.24. The fourth-order valence-electron chi connectivity index (χ4n) is 0.622. The monoisotopic (exact) mass is 196 g/mol. The highest BCUT2D eigenvalue weighted by atomic mass is 79.9. The largest absolute Gasteiger partial charge is 0.238 e. The Kier molecular flexibility index (Phi) is 2.01. The summed E-state index contributed by atoms with van der Waals surface area (Å²) in [6, 6.07) is 6.98. The molecule has 1 unspecified atom stereocenters. The van der Waals surface area contributed by atoms with Gasteiger partial charge in [-0.15, -0.1) is 0 Å². The summed E-state index contributed by atoms with van der Waals surface area (Å²) in [5, 5.41) is -0.387. The zero-order valence-electron chi connectivity index (χ0n) is 6.21. The normalized spacial score (nSPS) is 13.4. The van der Waals surface area contributed by atoms with Crippen molar-refractivity contribution in [2.24, 2.45) is 0 Å². The molecule has 0 N–H and O–H groups in total. The predicted octanol–water partition coefficient (Wildman–Crippen LogP) is 3.13. The molecule has 1 atom stereocenters. The van der Waals surface area contributed by atoms with Crippen molar-refractivity contribution in [1.29, 1.82) is 0 Å². The molecule has 1 nitrogen and oxygen atoms in total. The van der Waals surface area contributed by atoms with E-state index in [0.717, 1.165) is 5.56 Å². The van der Waals surface area contributed by atoms with Gasteiger partial charge in [-0.25, -0.2) is 4.85 Å². The molecule has 2 heteroatoms. The molecule has 0 saturated carbocycles. The minimum absolute atomic E-state index is 0.387. The molecule has 1 aromatic carbocycles. The molecule has 0 aromatic heterocycles. The van der Waals surface area contributed by atoms with E-state index in [9.17, 15) is 0 Å². The molecule has 0 saturated heterocycles. The second kappa shape index (κ2) is 3.38.